The van der Waals surface area contributed by atoms with Crippen LogP contribution in [-0.4, -0.2) is 9.13 Å². The van der Waals surface area contributed by atoms with Gasteiger partial charge in [-0.1, -0.05) is 127 Å². The molecule has 254 valence electrons. The number of fused-ring (bicyclic) bond motifs is 10. The van der Waals surface area contributed by atoms with Crippen molar-refractivity contribution < 1.29 is 4.42 Å². The lowest BCUT2D eigenvalue weighted by Gasteiger charge is -2.15. The molecule has 0 saturated heterocycles. The Labute approximate surface area is 315 Å². The van der Waals surface area contributed by atoms with Gasteiger partial charge in [0, 0.05) is 55.3 Å². The molecule has 0 fully saturated rings. The molecular weight excluding hydrogens is 669 g/mol. The fraction of sp³-hybridized carbons (Fsp3) is 0. The Bertz CT molecular complexity index is 3520. The number of para-hydroxylation sites is 3. The van der Waals surface area contributed by atoms with Crippen molar-refractivity contribution in [1.29, 1.82) is 0 Å². The van der Waals surface area contributed by atoms with Gasteiger partial charge in [-0.05, 0) is 87.1 Å². The zero-order chi connectivity index (χ0) is 35.8. The highest BCUT2D eigenvalue weighted by Gasteiger charge is 2.28. The molecule has 9 aromatic carbocycles. The van der Waals surface area contributed by atoms with E-state index in [2.05, 4.69) is 191 Å². The van der Waals surface area contributed by atoms with E-state index in [0.29, 0.717) is 0 Å². The van der Waals surface area contributed by atoms with Crippen LogP contribution >= 0.6 is 0 Å². The summed E-state index contributed by atoms with van der Waals surface area (Å²) < 4.78 is 11.5. The van der Waals surface area contributed by atoms with E-state index in [1.54, 1.807) is 0 Å². The maximum absolute atomic E-state index is 6.67. The van der Waals surface area contributed by atoms with Gasteiger partial charge in [-0.3, -0.25) is 0 Å². The number of nitrogens with zero attached hydrogens (tertiary/aromatic N) is 2. The van der Waals surface area contributed by atoms with Gasteiger partial charge < -0.3 is 13.6 Å². The van der Waals surface area contributed by atoms with Crippen LogP contribution in [0, 0.1) is 0 Å². The summed E-state index contributed by atoms with van der Waals surface area (Å²) in [5, 5.41) is 10.0. The molecular formula is C52H30N2O. The van der Waals surface area contributed by atoms with Crippen molar-refractivity contribution in [2.45, 2.75) is 0 Å². The lowest BCUT2D eigenvalue weighted by atomic mass is 9.91. The average molecular weight is 699 g/mol. The number of benzene rings is 9. The molecule has 0 unspecified atom stereocenters. The Kier molecular flexibility index (Phi) is 5.63. The molecule has 1 aliphatic carbocycles. The standard InChI is InChI=1S/C52H30N2O/c1-2-14-40-36(11-1)39-16-9-10-33-24-29-44-51(48(33)39)52-45(30-47-49(50(40)52)41-15-5-8-19-46(41)55-47)54(44)35-27-22-32(23-28-35)31-20-25-34(26-21-31)53-42-17-6-3-12-37(42)38-13-4-7-18-43(38)53/h1-30H. The highest BCUT2D eigenvalue weighted by molar-refractivity contribution is 6.35. The smallest absolute Gasteiger partial charge is 0.138 e. The van der Waals surface area contributed by atoms with Crippen molar-refractivity contribution in [3.63, 3.8) is 0 Å². The Morgan fingerprint density at radius 1 is 0.327 bits per heavy atom. The van der Waals surface area contributed by atoms with E-state index in [0.717, 1.165) is 33.4 Å². The second-order valence-corrected chi connectivity index (χ2v) is 14.8. The number of rotatable bonds is 3. The van der Waals surface area contributed by atoms with Crippen molar-refractivity contribution >= 4 is 76.3 Å². The van der Waals surface area contributed by atoms with Gasteiger partial charge in [0.05, 0.1) is 22.1 Å². The van der Waals surface area contributed by atoms with Crippen molar-refractivity contribution in [1.82, 2.24) is 9.13 Å². The summed E-state index contributed by atoms with van der Waals surface area (Å²) in [5.74, 6) is 0. The molecule has 3 nitrogen and oxygen atoms in total. The Balaban J connectivity index is 1.02. The maximum Gasteiger partial charge on any atom is 0.138 e. The quantitative estimate of drug-likeness (QED) is 0.180. The van der Waals surface area contributed by atoms with E-state index in [4.69, 9.17) is 4.42 Å². The van der Waals surface area contributed by atoms with Crippen molar-refractivity contribution in [2.24, 2.45) is 0 Å². The summed E-state index contributed by atoms with van der Waals surface area (Å²) in [6.07, 6.45) is 0. The highest BCUT2D eigenvalue weighted by atomic mass is 16.3. The second kappa shape index (κ2) is 10.6. The molecule has 0 aliphatic heterocycles. The summed E-state index contributed by atoms with van der Waals surface area (Å²) in [5.41, 5.74) is 16.3. The fourth-order valence-corrected chi connectivity index (χ4v) is 9.75. The van der Waals surface area contributed by atoms with Crippen LogP contribution < -0.4 is 0 Å². The third-order valence-electron chi connectivity index (χ3n) is 12.1. The summed E-state index contributed by atoms with van der Waals surface area (Å²) in [4.78, 5) is 0. The second-order valence-electron chi connectivity index (χ2n) is 14.8. The number of aromatic nitrogens is 2. The van der Waals surface area contributed by atoms with Gasteiger partial charge in [0.2, 0.25) is 0 Å². The van der Waals surface area contributed by atoms with Crippen LogP contribution in [-0.2, 0) is 0 Å². The first kappa shape index (κ1) is 29.1. The number of hydrogen-bond acceptors (Lipinski definition) is 1. The largest absolute Gasteiger partial charge is 0.456 e. The predicted octanol–water partition coefficient (Wildman–Crippen LogP) is 14.2. The number of hydrogen-bond donors (Lipinski definition) is 0. The van der Waals surface area contributed by atoms with E-state index in [1.165, 1.54) is 87.6 Å². The van der Waals surface area contributed by atoms with E-state index in [9.17, 15) is 0 Å². The average Bonchev–Trinajstić information content (AvgIpc) is 3.87. The molecule has 0 atom stereocenters. The van der Waals surface area contributed by atoms with E-state index < -0.39 is 0 Å². The van der Waals surface area contributed by atoms with Crippen molar-refractivity contribution in [3.05, 3.63) is 182 Å². The van der Waals surface area contributed by atoms with E-state index in [1.807, 2.05) is 0 Å². The summed E-state index contributed by atoms with van der Waals surface area (Å²) in [6.45, 7) is 0. The summed E-state index contributed by atoms with van der Waals surface area (Å²) >= 11 is 0. The SMILES string of the molecule is c1ccc2c(c1)-c1cccc3ccc4c(c13)c1c-2c2c(cc1n4-c1ccc(-c3ccc(-n4c5ccccc5c5ccccc54)cc3)cc1)oc1ccccc12. The zero-order valence-electron chi connectivity index (χ0n) is 29.6. The van der Waals surface area contributed by atoms with Gasteiger partial charge in [0.25, 0.3) is 0 Å². The monoisotopic (exact) mass is 698 g/mol. The first-order valence-electron chi connectivity index (χ1n) is 18.9. The Morgan fingerprint density at radius 2 is 0.909 bits per heavy atom. The van der Waals surface area contributed by atoms with Crippen LogP contribution in [0.5, 0.6) is 0 Å². The van der Waals surface area contributed by atoms with Crippen LogP contribution in [0.3, 0.4) is 0 Å². The first-order chi connectivity index (χ1) is 27.3. The predicted molar refractivity (Wildman–Crippen MR) is 230 cm³/mol. The Hall–Kier alpha value is -7.36. The molecule has 0 spiro atoms. The van der Waals surface area contributed by atoms with E-state index in [-0.39, 0.29) is 0 Å². The molecule has 0 bridgehead atoms. The van der Waals surface area contributed by atoms with E-state index >= 15 is 0 Å². The molecule has 0 N–H and O–H groups in total. The molecule has 1 aliphatic rings. The first-order valence-corrected chi connectivity index (χ1v) is 18.9. The van der Waals surface area contributed by atoms with Crippen LogP contribution in [0.15, 0.2) is 186 Å². The lowest BCUT2D eigenvalue weighted by molar-refractivity contribution is 0.669. The van der Waals surface area contributed by atoms with Gasteiger partial charge in [-0.15, -0.1) is 0 Å². The van der Waals surface area contributed by atoms with Crippen molar-refractivity contribution in [3.8, 4) is 44.8 Å². The third kappa shape index (κ3) is 3.84. The molecule has 3 heteroatoms. The normalized spacial score (nSPS) is 12.4. The summed E-state index contributed by atoms with van der Waals surface area (Å²) in [6, 6.07) is 66.4. The van der Waals surface area contributed by atoms with Gasteiger partial charge >= 0.3 is 0 Å². The van der Waals surface area contributed by atoms with Gasteiger partial charge in [-0.25, -0.2) is 0 Å². The molecule has 3 aromatic heterocycles. The zero-order valence-corrected chi connectivity index (χ0v) is 29.6. The van der Waals surface area contributed by atoms with Gasteiger partial charge in [-0.2, -0.15) is 0 Å². The molecule has 0 saturated carbocycles. The van der Waals surface area contributed by atoms with Gasteiger partial charge in [0.15, 0.2) is 0 Å². The fourth-order valence-electron chi connectivity index (χ4n) is 9.75. The summed E-state index contributed by atoms with van der Waals surface area (Å²) in [7, 11) is 0. The molecule has 0 radical (unpaired) electrons. The maximum atomic E-state index is 6.67. The molecule has 12 aromatic rings. The topological polar surface area (TPSA) is 23.0 Å². The minimum Gasteiger partial charge on any atom is -0.456 e. The highest BCUT2D eigenvalue weighted by Crippen LogP contribution is 2.53. The lowest BCUT2D eigenvalue weighted by Crippen LogP contribution is -1.95. The third-order valence-corrected chi connectivity index (χ3v) is 12.1. The van der Waals surface area contributed by atoms with Crippen LogP contribution in [0.2, 0.25) is 0 Å². The minimum atomic E-state index is 0.907. The minimum absolute atomic E-state index is 0.907. The van der Waals surface area contributed by atoms with Crippen molar-refractivity contribution in [2.75, 3.05) is 0 Å². The molecule has 55 heavy (non-hydrogen) atoms. The molecule has 3 heterocycles. The number of furan rings is 1. The van der Waals surface area contributed by atoms with Crippen LogP contribution in [0.1, 0.15) is 0 Å². The molecule has 0 amide bonds. The van der Waals surface area contributed by atoms with Crippen LogP contribution in [0.4, 0.5) is 0 Å². The Morgan fingerprint density at radius 3 is 1.62 bits per heavy atom. The van der Waals surface area contributed by atoms with Crippen LogP contribution in [0.25, 0.3) is 121 Å². The van der Waals surface area contributed by atoms with Gasteiger partial charge in [0.1, 0.15) is 11.2 Å². The molecule has 13 rings (SSSR count).